The minimum Gasteiger partial charge on any atom is -0.320 e. The summed E-state index contributed by atoms with van der Waals surface area (Å²) in [5, 5.41) is 11.1. The molecular weight excluding hydrogens is 614 g/mol. The summed E-state index contributed by atoms with van der Waals surface area (Å²) >= 11 is 0. The van der Waals surface area contributed by atoms with Crippen LogP contribution in [0.25, 0.3) is 0 Å². The molecule has 0 saturated carbocycles. The molecule has 9 heteroatoms. The lowest BCUT2D eigenvalue weighted by Crippen LogP contribution is -2.20. The molecule has 0 fully saturated rings. The molecule has 1 aromatic heterocycles. The van der Waals surface area contributed by atoms with Gasteiger partial charge in [-0.25, -0.2) is 4.98 Å². The van der Waals surface area contributed by atoms with Crippen molar-refractivity contribution in [2.75, 3.05) is 21.3 Å². The molecule has 0 bridgehead atoms. The maximum absolute atomic E-state index is 13.1. The van der Waals surface area contributed by atoms with Gasteiger partial charge in [-0.05, 0) is 67.6 Å². The molecule has 0 aliphatic rings. The second-order valence-electron chi connectivity index (χ2n) is 10.7. The van der Waals surface area contributed by atoms with Crippen LogP contribution in [0.5, 0.6) is 0 Å². The molecule has 0 spiro atoms. The summed E-state index contributed by atoms with van der Waals surface area (Å²) in [4.78, 5) is 55.7. The third-order valence-electron chi connectivity index (χ3n) is 7.07. The molecule has 9 nitrogen and oxygen atoms in total. The van der Waals surface area contributed by atoms with Gasteiger partial charge in [0.2, 0.25) is 0 Å². The third-order valence-corrected chi connectivity index (χ3v) is 7.07. The maximum Gasteiger partial charge on any atom is 0.274 e. The predicted octanol–water partition coefficient (Wildman–Crippen LogP) is 8.09. The van der Waals surface area contributed by atoms with Crippen molar-refractivity contribution in [3.63, 3.8) is 0 Å². The monoisotopic (exact) mass is 647 g/mol. The Balaban J connectivity index is 0.000000595. The number of nitrogens with one attached hydrogen (secondary N) is 4. The van der Waals surface area contributed by atoms with E-state index in [1.54, 1.807) is 103 Å². The number of rotatable bonds is 8. The first-order chi connectivity index (χ1) is 23.9. The molecule has 6 rings (SSSR count). The van der Waals surface area contributed by atoms with E-state index in [1.165, 1.54) is 17.7 Å². The molecule has 0 aliphatic carbocycles. The summed E-state index contributed by atoms with van der Waals surface area (Å²) in [6, 6.07) is 45.7. The Labute approximate surface area is 284 Å². The zero-order valence-corrected chi connectivity index (χ0v) is 26.6. The van der Waals surface area contributed by atoms with Crippen molar-refractivity contribution in [1.29, 1.82) is 0 Å². The van der Waals surface area contributed by atoms with Crippen LogP contribution in [0, 0.1) is 6.92 Å². The predicted molar refractivity (Wildman–Crippen MR) is 193 cm³/mol. The molecule has 242 valence electrons. The van der Waals surface area contributed by atoms with E-state index in [4.69, 9.17) is 0 Å². The van der Waals surface area contributed by atoms with Crippen LogP contribution in [0.1, 0.15) is 47.3 Å². The van der Waals surface area contributed by atoms with Crippen LogP contribution < -0.4 is 21.3 Å². The minimum atomic E-state index is -0.568. The first-order valence-electron chi connectivity index (χ1n) is 15.4. The fourth-order valence-electron chi connectivity index (χ4n) is 4.56. The second-order valence-corrected chi connectivity index (χ2v) is 10.7. The van der Waals surface area contributed by atoms with Gasteiger partial charge in [-0.1, -0.05) is 103 Å². The summed E-state index contributed by atoms with van der Waals surface area (Å²) in [7, 11) is 0. The highest BCUT2D eigenvalue weighted by Gasteiger charge is 2.17. The fraction of sp³-hybridized carbons (Fsp3) is 0.0250. The van der Waals surface area contributed by atoms with Crippen molar-refractivity contribution >= 4 is 46.4 Å². The molecule has 6 aromatic rings. The SMILES string of the molecule is Cc1ccccc1.O=C(Nc1ccccc1NC(=O)c1cccc(C(=O)Nc2ccccc2NC(=O)c2ccccc2)n1)c1ccccc1. The lowest BCUT2D eigenvalue weighted by Gasteiger charge is -2.13. The molecular formula is C40H33N5O4. The van der Waals surface area contributed by atoms with E-state index in [1.807, 2.05) is 30.3 Å². The standard InChI is InChI=1S/C33H25N5O4.C7H8/c39-30(22-12-3-1-4-13-22)35-24-16-7-9-18-26(24)37-32(41)28-20-11-21-29(34-28)33(42)38-27-19-10-8-17-25(27)36-31(40)23-14-5-2-6-15-23;1-7-5-3-2-4-6-7/h1-21H,(H,35,39)(H,36,40)(H,37,41)(H,38,42);2-6H,1H3. The zero-order chi connectivity index (χ0) is 34.4. The van der Waals surface area contributed by atoms with E-state index >= 15 is 0 Å². The van der Waals surface area contributed by atoms with Gasteiger partial charge in [-0.15, -0.1) is 0 Å². The number of aryl methyl sites for hydroxylation is 1. The van der Waals surface area contributed by atoms with E-state index in [9.17, 15) is 19.2 Å². The van der Waals surface area contributed by atoms with Gasteiger partial charge in [-0.2, -0.15) is 0 Å². The minimum absolute atomic E-state index is 0.00231. The smallest absolute Gasteiger partial charge is 0.274 e. The van der Waals surface area contributed by atoms with Crippen LogP contribution in [0.2, 0.25) is 0 Å². The molecule has 5 aromatic carbocycles. The highest BCUT2D eigenvalue weighted by molar-refractivity contribution is 6.11. The number of carbonyl (C=O) groups excluding carboxylic acids is 4. The number of hydrogen-bond acceptors (Lipinski definition) is 5. The number of nitrogens with zero attached hydrogens (tertiary/aromatic N) is 1. The fourth-order valence-corrected chi connectivity index (χ4v) is 4.56. The van der Waals surface area contributed by atoms with E-state index in [0.29, 0.717) is 33.9 Å². The van der Waals surface area contributed by atoms with Crippen molar-refractivity contribution in [2.24, 2.45) is 0 Å². The zero-order valence-electron chi connectivity index (χ0n) is 26.6. The summed E-state index contributed by atoms with van der Waals surface area (Å²) in [5.41, 5.74) is 3.81. The summed E-state index contributed by atoms with van der Waals surface area (Å²) < 4.78 is 0. The summed E-state index contributed by atoms with van der Waals surface area (Å²) in [6.45, 7) is 2.08. The largest absolute Gasteiger partial charge is 0.320 e. The summed E-state index contributed by atoms with van der Waals surface area (Å²) in [5.74, 6) is -1.79. The van der Waals surface area contributed by atoms with Gasteiger partial charge >= 0.3 is 0 Å². The molecule has 1 heterocycles. The Morgan fingerprint density at radius 3 is 1.00 bits per heavy atom. The lowest BCUT2D eigenvalue weighted by molar-refractivity contribution is 0.100. The molecule has 0 saturated heterocycles. The van der Waals surface area contributed by atoms with Gasteiger partial charge in [0.15, 0.2) is 0 Å². The average molecular weight is 648 g/mol. The lowest BCUT2D eigenvalue weighted by atomic mass is 10.2. The molecule has 0 atom stereocenters. The number of anilines is 4. The second kappa shape index (κ2) is 16.6. The molecule has 4 amide bonds. The number of para-hydroxylation sites is 4. The van der Waals surface area contributed by atoms with Gasteiger partial charge in [0.25, 0.3) is 23.6 Å². The number of pyridine rings is 1. The van der Waals surface area contributed by atoms with E-state index in [0.717, 1.165) is 0 Å². The number of hydrogen-bond donors (Lipinski definition) is 4. The van der Waals surface area contributed by atoms with Crippen molar-refractivity contribution in [3.05, 3.63) is 186 Å². The molecule has 0 unspecified atom stereocenters. The quantitative estimate of drug-likeness (QED) is 0.133. The van der Waals surface area contributed by atoms with Crippen molar-refractivity contribution in [3.8, 4) is 0 Å². The first kappa shape index (κ1) is 33.5. The first-order valence-corrected chi connectivity index (χ1v) is 15.4. The van der Waals surface area contributed by atoms with Gasteiger partial charge in [0.1, 0.15) is 11.4 Å². The number of carbonyl (C=O) groups is 4. The normalized spacial score (nSPS) is 10.1. The van der Waals surface area contributed by atoms with Crippen LogP contribution >= 0.6 is 0 Å². The maximum atomic E-state index is 13.1. The molecule has 4 N–H and O–H groups in total. The number of aromatic nitrogens is 1. The Bertz CT molecular complexity index is 1930. The van der Waals surface area contributed by atoms with Gasteiger partial charge in [-0.3, -0.25) is 19.2 Å². The topological polar surface area (TPSA) is 129 Å². The molecule has 0 radical (unpaired) electrons. The van der Waals surface area contributed by atoms with Crippen LogP contribution in [-0.2, 0) is 0 Å². The van der Waals surface area contributed by atoms with Gasteiger partial charge in [0, 0.05) is 11.1 Å². The summed E-state index contributed by atoms with van der Waals surface area (Å²) in [6.07, 6.45) is 0. The van der Waals surface area contributed by atoms with E-state index in [-0.39, 0.29) is 23.2 Å². The van der Waals surface area contributed by atoms with Crippen molar-refractivity contribution in [1.82, 2.24) is 4.98 Å². The molecule has 49 heavy (non-hydrogen) atoms. The van der Waals surface area contributed by atoms with Crippen LogP contribution in [0.15, 0.2) is 158 Å². The third kappa shape index (κ3) is 9.57. The Hall–Kier alpha value is -6.87. The Morgan fingerprint density at radius 1 is 0.367 bits per heavy atom. The molecule has 0 aliphatic heterocycles. The highest BCUT2D eigenvalue weighted by Crippen LogP contribution is 2.24. The van der Waals surface area contributed by atoms with Crippen molar-refractivity contribution < 1.29 is 19.2 Å². The van der Waals surface area contributed by atoms with E-state index in [2.05, 4.69) is 45.3 Å². The Kier molecular flexibility index (Phi) is 11.4. The van der Waals surface area contributed by atoms with E-state index < -0.39 is 11.8 Å². The van der Waals surface area contributed by atoms with Crippen LogP contribution in [0.3, 0.4) is 0 Å². The van der Waals surface area contributed by atoms with Gasteiger partial charge < -0.3 is 21.3 Å². The van der Waals surface area contributed by atoms with Crippen LogP contribution in [-0.4, -0.2) is 28.6 Å². The van der Waals surface area contributed by atoms with Crippen molar-refractivity contribution in [2.45, 2.75) is 6.92 Å². The van der Waals surface area contributed by atoms with Crippen LogP contribution in [0.4, 0.5) is 22.7 Å². The Morgan fingerprint density at radius 2 is 0.673 bits per heavy atom. The van der Waals surface area contributed by atoms with Gasteiger partial charge in [0.05, 0.1) is 22.7 Å². The average Bonchev–Trinajstić information content (AvgIpc) is 3.14. The number of benzene rings is 5. The highest BCUT2D eigenvalue weighted by atomic mass is 16.2. The number of amides is 4.